The van der Waals surface area contributed by atoms with E-state index in [1.807, 2.05) is 19.2 Å². The number of rotatable bonds is 4. The fourth-order valence-electron chi connectivity index (χ4n) is 2.05. The molecule has 1 heterocycles. The lowest BCUT2D eigenvalue weighted by Crippen LogP contribution is -2.06. The Labute approximate surface area is 107 Å². The van der Waals surface area contributed by atoms with Crippen LogP contribution in [-0.2, 0) is 6.54 Å². The summed E-state index contributed by atoms with van der Waals surface area (Å²) in [5.74, 6) is 0.853. The highest BCUT2D eigenvalue weighted by molar-refractivity contribution is 5.71. The van der Waals surface area contributed by atoms with Gasteiger partial charge >= 0.3 is 0 Å². The van der Waals surface area contributed by atoms with Gasteiger partial charge < -0.3 is 10.1 Å². The van der Waals surface area contributed by atoms with E-state index in [-0.39, 0.29) is 0 Å². The quantitative estimate of drug-likeness (QED) is 0.869. The minimum atomic E-state index is 0.785. The first-order valence-corrected chi connectivity index (χ1v) is 6.00. The fourth-order valence-corrected chi connectivity index (χ4v) is 2.05. The van der Waals surface area contributed by atoms with Gasteiger partial charge in [-0.05, 0) is 38.6 Å². The number of aryl methyl sites for hydroxylation is 1. The first-order chi connectivity index (χ1) is 8.67. The van der Waals surface area contributed by atoms with Crippen LogP contribution in [0.3, 0.4) is 0 Å². The lowest BCUT2D eigenvalue weighted by atomic mass is 10.0. The van der Waals surface area contributed by atoms with Gasteiger partial charge in [-0.2, -0.15) is 5.10 Å². The largest absolute Gasteiger partial charge is 0.496 e. The Kier molecular flexibility index (Phi) is 3.67. The SMILES string of the molecule is CNCc1[nH]nc(-c2cc(C)ccc2OC)c1C. The van der Waals surface area contributed by atoms with Crippen molar-refractivity contribution < 1.29 is 4.74 Å². The number of hydrogen-bond donors (Lipinski definition) is 2. The highest BCUT2D eigenvalue weighted by Crippen LogP contribution is 2.32. The molecular formula is C14H19N3O. The standard InChI is InChI=1S/C14H19N3O/c1-9-5-6-13(18-4)11(7-9)14-10(2)12(8-15-3)16-17-14/h5-7,15H,8H2,1-4H3,(H,16,17). The third-order valence-corrected chi connectivity index (χ3v) is 3.07. The molecule has 2 rings (SSSR count). The van der Waals surface area contributed by atoms with Gasteiger partial charge in [-0.25, -0.2) is 0 Å². The summed E-state index contributed by atoms with van der Waals surface area (Å²) < 4.78 is 5.41. The Balaban J connectivity index is 2.51. The van der Waals surface area contributed by atoms with E-state index in [9.17, 15) is 0 Å². The molecule has 4 heteroatoms. The van der Waals surface area contributed by atoms with Gasteiger partial charge in [0.1, 0.15) is 5.75 Å². The van der Waals surface area contributed by atoms with Gasteiger partial charge in [-0.15, -0.1) is 0 Å². The maximum Gasteiger partial charge on any atom is 0.128 e. The minimum absolute atomic E-state index is 0.785. The second-order valence-corrected chi connectivity index (χ2v) is 4.41. The molecule has 0 fully saturated rings. The molecule has 0 aliphatic heterocycles. The van der Waals surface area contributed by atoms with Crippen LogP contribution in [0.1, 0.15) is 16.8 Å². The average Bonchev–Trinajstić information content (AvgIpc) is 2.72. The molecule has 0 aliphatic carbocycles. The van der Waals surface area contributed by atoms with Crippen LogP contribution in [0.15, 0.2) is 18.2 Å². The Morgan fingerprint density at radius 1 is 1.33 bits per heavy atom. The smallest absolute Gasteiger partial charge is 0.128 e. The van der Waals surface area contributed by atoms with Crippen molar-refractivity contribution in [1.29, 1.82) is 0 Å². The fraction of sp³-hybridized carbons (Fsp3) is 0.357. The molecule has 0 bridgehead atoms. The molecule has 2 aromatic rings. The Hall–Kier alpha value is -1.81. The number of hydrogen-bond acceptors (Lipinski definition) is 3. The van der Waals surface area contributed by atoms with Crippen molar-refractivity contribution >= 4 is 0 Å². The van der Waals surface area contributed by atoms with Crippen molar-refractivity contribution in [1.82, 2.24) is 15.5 Å². The summed E-state index contributed by atoms with van der Waals surface area (Å²) in [4.78, 5) is 0. The van der Waals surface area contributed by atoms with Gasteiger partial charge in [0.05, 0.1) is 18.5 Å². The van der Waals surface area contributed by atoms with Crippen molar-refractivity contribution in [2.45, 2.75) is 20.4 Å². The molecule has 2 N–H and O–H groups in total. The van der Waals surface area contributed by atoms with Gasteiger partial charge in [0.25, 0.3) is 0 Å². The lowest BCUT2D eigenvalue weighted by Gasteiger charge is -2.08. The summed E-state index contributed by atoms with van der Waals surface area (Å²) in [6, 6.07) is 6.13. The van der Waals surface area contributed by atoms with Crippen molar-refractivity contribution in [2.24, 2.45) is 0 Å². The third-order valence-electron chi connectivity index (χ3n) is 3.07. The summed E-state index contributed by atoms with van der Waals surface area (Å²) >= 11 is 0. The highest BCUT2D eigenvalue weighted by atomic mass is 16.5. The third kappa shape index (κ3) is 2.24. The van der Waals surface area contributed by atoms with Crippen molar-refractivity contribution in [3.8, 4) is 17.0 Å². The second-order valence-electron chi connectivity index (χ2n) is 4.41. The van der Waals surface area contributed by atoms with E-state index in [1.54, 1.807) is 7.11 Å². The molecule has 96 valence electrons. The van der Waals surface area contributed by atoms with E-state index in [1.165, 1.54) is 5.56 Å². The molecule has 0 atom stereocenters. The van der Waals surface area contributed by atoms with Crippen molar-refractivity contribution in [2.75, 3.05) is 14.2 Å². The van der Waals surface area contributed by atoms with Crippen molar-refractivity contribution in [3.63, 3.8) is 0 Å². The molecule has 18 heavy (non-hydrogen) atoms. The Morgan fingerprint density at radius 2 is 2.11 bits per heavy atom. The molecule has 0 saturated heterocycles. The van der Waals surface area contributed by atoms with E-state index in [2.05, 4.69) is 35.4 Å². The molecule has 0 spiro atoms. The lowest BCUT2D eigenvalue weighted by molar-refractivity contribution is 0.416. The Morgan fingerprint density at radius 3 is 2.78 bits per heavy atom. The molecule has 0 radical (unpaired) electrons. The van der Waals surface area contributed by atoms with Crippen LogP contribution in [0.4, 0.5) is 0 Å². The minimum Gasteiger partial charge on any atom is -0.496 e. The van der Waals surface area contributed by atoms with E-state index in [4.69, 9.17) is 4.74 Å². The number of H-pyrrole nitrogens is 1. The summed E-state index contributed by atoms with van der Waals surface area (Å²) in [6.45, 7) is 4.93. The summed E-state index contributed by atoms with van der Waals surface area (Å²) in [5.41, 5.74) is 5.46. The number of nitrogens with zero attached hydrogens (tertiary/aromatic N) is 1. The number of aromatic nitrogens is 2. The van der Waals surface area contributed by atoms with Crippen LogP contribution in [0.2, 0.25) is 0 Å². The predicted octanol–water partition coefficient (Wildman–Crippen LogP) is 2.42. The summed E-state index contributed by atoms with van der Waals surface area (Å²) in [7, 11) is 3.61. The molecule has 0 saturated carbocycles. The maximum absolute atomic E-state index is 5.41. The van der Waals surface area contributed by atoms with Crippen LogP contribution in [0.5, 0.6) is 5.75 Å². The van der Waals surface area contributed by atoms with Gasteiger partial charge in [-0.3, -0.25) is 5.10 Å². The Bertz CT molecular complexity index is 546. The van der Waals surface area contributed by atoms with E-state index in [0.717, 1.165) is 34.8 Å². The highest BCUT2D eigenvalue weighted by Gasteiger charge is 2.14. The van der Waals surface area contributed by atoms with E-state index < -0.39 is 0 Å². The molecule has 4 nitrogen and oxygen atoms in total. The molecule has 1 aromatic carbocycles. The van der Waals surface area contributed by atoms with Gasteiger partial charge in [-0.1, -0.05) is 11.6 Å². The number of benzene rings is 1. The number of aromatic amines is 1. The van der Waals surface area contributed by atoms with Gasteiger partial charge in [0, 0.05) is 12.1 Å². The molecule has 1 aromatic heterocycles. The second kappa shape index (κ2) is 5.23. The molecule has 0 unspecified atom stereocenters. The zero-order valence-electron chi connectivity index (χ0n) is 11.3. The summed E-state index contributed by atoms with van der Waals surface area (Å²) in [5, 5.41) is 10.6. The van der Waals surface area contributed by atoms with Crippen LogP contribution >= 0.6 is 0 Å². The van der Waals surface area contributed by atoms with Crippen LogP contribution in [-0.4, -0.2) is 24.4 Å². The van der Waals surface area contributed by atoms with Crippen LogP contribution < -0.4 is 10.1 Å². The maximum atomic E-state index is 5.41. The topological polar surface area (TPSA) is 49.9 Å². The number of ether oxygens (including phenoxy) is 1. The zero-order valence-corrected chi connectivity index (χ0v) is 11.3. The molecule has 0 aliphatic rings. The average molecular weight is 245 g/mol. The van der Waals surface area contributed by atoms with Crippen LogP contribution in [0.25, 0.3) is 11.3 Å². The first kappa shape index (κ1) is 12.6. The number of nitrogens with one attached hydrogen (secondary N) is 2. The van der Waals surface area contributed by atoms with Gasteiger partial charge in [0.15, 0.2) is 0 Å². The predicted molar refractivity (Wildman–Crippen MR) is 72.8 cm³/mol. The van der Waals surface area contributed by atoms with E-state index >= 15 is 0 Å². The van der Waals surface area contributed by atoms with Gasteiger partial charge in [0.2, 0.25) is 0 Å². The molecule has 0 amide bonds. The van der Waals surface area contributed by atoms with Crippen molar-refractivity contribution in [3.05, 3.63) is 35.0 Å². The number of methoxy groups -OCH3 is 1. The normalized spacial score (nSPS) is 10.7. The summed E-state index contributed by atoms with van der Waals surface area (Å²) in [6.07, 6.45) is 0. The zero-order chi connectivity index (χ0) is 13.1. The monoisotopic (exact) mass is 245 g/mol. The molecular weight excluding hydrogens is 226 g/mol. The first-order valence-electron chi connectivity index (χ1n) is 6.00. The van der Waals surface area contributed by atoms with E-state index in [0.29, 0.717) is 0 Å². The van der Waals surface area contributed by atoms with Crippen LogP contribution in [0, 0.1) is 13.8 Å².